The molecule has 1 unspecified atom stereocenters. The number of para-hydroxylation sites is 1. The smallest absolute Gasteiger partial charge is 0.191 e. The molecule has 0 amide bonds. The second kappa shape index (κ2) is 12.1. The van der Waals surface area contributed by atoms with Gasteiger partial charge in [-0.05, 0) is 31.5 Å². The van der Waals surface area contributed by atoms with Gasteiger partial charge in [0.2, 0.25) is 0 Å². The Bertz CT molecular complexity index is 550. The van der Waals surface area contributed by atoms with Crippen LogP contribution in [0.15, 0.2) is 41.9 Å². The van der Waals surface area contributed by atoms with Crippen LogP contribution in [-0.2, 0) is 6.54 Å². The van der Waals surface area contributed by atoms with Gasteiger partial charge in [0, 0.05) is 32.2 Å². The summed E-state index contributed by atoms with van der Waals surface area (Å²) in [7, 11) is 1.81. The Kier molecular flexibility index (Phi) is 10.6. The monoisotopic (exact) mass is 458 g/mol. The number of hydrogen-bond acceptors (Lipinski definition) is 3. The molecule has 2 rings (SSSR count). The van der Waals surface area contributed by atoms with E-state index in [0.29, 0.717) is 19.1 Å². The van der Waals surface area contributed by atoms with Gasteiger partial charge in [0.15, 0.2) is 5.96 Å². The third-order valence-electron chi connectivity index (χ3n) is 4.37. The lowest BCUT2D eigenvalue weighted by atomic mass is 10.1. The normalized spacial score (nSPS) is 17.7. The van der Waals surface area contributed by atoms with Crippen molar-refractivity contribution in [2.24, 2.45) is 10.9 Å². The molecule has 0 spiro atoms. The average Bonchev–Trinajstić information content (AvgIpc) is 3.09. The molecule has 1 fully saturated rings. The lowest BCUT2D eigenvalue weighted by Crippen LogP contribution is -2.40. The Morgan fingerprint density at radius 3 is 2.88 bits per heavy atom. The van der Waals surface area contributed by atoms with Crippen molar-refractivity contribution in [3.05, 3.63) is 42.5 Å². The molecule has 0 aliphatic carbocycles. The largest absolute Gasteiger partial charge is 0.489 e. The van der Waals surface area contributed by atoms with Crippen molar-refractivity contribution in [2.45, 2.75) is 19.9 Å². The van der Waals surface area contributed by atoms with Gasteiger partial charge in [-0.25, -0.2) is 0 Å². The number of nitrogens with one attached hydrogen (secondary N) is 2. The third kappa shape index (κ3) is 7.23. The number of halogens is 1. The molecule has 5 nitrogen and oxygen atoms in total. The Morgan fingerprint density at radius 1 is 1.40 bits per heavy atom. The van der Waals surface area contributed by atoms with Gasteiger partial charge in [-0.2, -0.15) is 0 Å². The highest BCUT2D eigenvalue weighted by molar-refractivity contribution is 14.0. The van der Waals surface area contributed by atoms with Gasteiger partial charge in [0.05, 0.1) is 0 Å². The molecule has 1 saturated heterocycles. The summed E-state index contributed by atoms with van der Waals surface area (Å²) in [6.45, 7) is 11.6. The predicted molar refractivity (Wildman–Crippen MR) is 116 cm³/mol. The van der Waals surface area contributed by atoms with Crippen LogP contribution in [0.25, 0.3) is 0 Å². The van der Waals surface area contributed by atoms with Crippen molar-refractivity contribution in [3.63, 3.8) is 0 Å². The molecule has 0 radical (unpaired) electrons. The summed E-state index contributed by atoms with van der Waals surface area (Å²) in [6, 6.07) is 8.05. The fourth-order valence-corrected chi connectivity index (χ4v) is 2.95. The highest BCUT2D eigenvalue weighted by atomic mass is 127. The first kappa shape index (κ1) is 21.8. The van der Waals surface area contributed by atoms with E-state index in [2.05, 4.69) is 40.1 Å². The zero-order chi connectivity index (χ0) is 17.2. The van der Waals surface area contributed by atoms with Gasteiger partial charge in [0.25, 0.3) is 0 Å². The van der Waals surface area contributed by atoms with Crippen molar-refractivity contribution < 1.29 is 4.74 Å². The number of benzene rings is 1. The summed E-state index contributed by atoms with van der Waals surface area (Å²) < 4.78 is 5.69. The number of ether oxygens (including phenoxy) is 1. The van der Waals surface area contributed by atoms with Crippen LogP contribution < -0.4 is 15.4 Å². The van der Waals surface area contributed by atoms with E-state index in [1.54, 1.807) is 6.08 Å². The van der Waals surface area contributed by atoms with Gasteiger partial charge < -0.3 is 20.3 Å². The van der Waals surface area contributed by atoms with E-state index in [-0.39, 0.29) is 24.0 Å². The molecule has 1 aromatic rings. The molecule has 1 heterocycles. The maximum Gasteiger partial charge on any atom is 0.191 e. The highest BCUT2D eigenvalue weighted by Crippen LogP contribution is 2.17. The molecule has 0 aromatic heterocycles. The van der Waals surface area contributed by atoms with Crippen LogP contribution in [0.4, 0.5) is 0 Å². The van der Waals surface area contributed by atoms with Crippen LogP contribution in [0.3, 0.4) is 0 Å². The maximum absolute atomic E-state index is 5.69. The Labute approximate surface area is 168 Å². The van der Waals surface area contributed by atoms with Crippen molar-refractivity contribution >= 4 is 29.9 Å². The first-order chi connectivity index (χ1) is 11.8. The first-order valence-corrected chi connectivity index (χ1v) is 8.75. The number of hydrogen-bond donors (Lipinski definition) is 2. The van der Waals surface area contributed by atoms with Crippen molar-refractivity contribution in [2.75, 3.05) is 39.8 Å². The molecule has 1 aromatic carbocycles. The van der Waals surface area contributed by atoms with Gasteiger partial charge in [-0.3, -0.25) is 4.99 Å². The van der Waals surface area contributed by atoms with E-state index in [4.69, 9.17) is 4.74 Å². The SMILES string of the molecule is C=CCOc1ccccc1CNC(=NC)NCC1CCN(CC)C1.I. The van der Waals surface area contributed by atoms with Gasteiger partial charge in [0.1, 0.15) is 12.4 Å². The first-order valence-electron chi connectivity index (χ1n) is 8.75. The summed E-state index contributed by atoms with van der Waals surface area (Å²) in [5, 5.41) is 6.82. The molecule has 1 atom stereocenters. The Morgan fingerprint density at radius 2 is 2.20 bits per heavy atom. The second-order valence-corrected chi connectivity index (χ2v) is 6.06. The van der Waals surface area contributed by atoms with Crippen molar-refractivity contribution in [1.82, 2.24) is 15.5 Å². The molecule has 0 saturated carbocycles. The minimum absolute atomic E-state index is 0. The number of aliphatic imine (C=N–C) groups is 1. The van der Waals surface area contributed by atoms with Crippen LogP contribution in [0, 0.1) is 5.92 Å². The topological polar surface area (TPSA) is 48.9 Å². The van der Waals surface area contributed by atoms with Crippen molar-refractivity contribution in [3.8, 4) is 5.75 Å². The molecule has 1 aliphatic rings. The van der Waals surface area contributed by atoms with Gasteiger partial charge in [-0.15, -0.1) is 24.0 Å². The van der Waals surface area contributed by atoms with Crippen LogP contribution in [0.2, 0.25) is 0 Å². The summed E-state index contributed by atoms with van der Waals surface area (Å²) in [4.78, 5) is 6.81. The highest BCUT2D eigenvalue weighted by Gasteiger charge is 2.20. The molecule has 1 aliphatic heterocycles. The zero-order valence-electron chi connectivity index (χ0n) is 15.3. The second-order valence-electron chi connectivity index (χ2n) is 6.06. The summed E-state index contributed by atoms with van der Waals surface area (Å²) in [5.74, 6) is 2.42. The van der Waals surface area contributed by atoms with E-state index in [9.17, 15) is 0 Å². The molecule has 25 heavy (non-hydrogen) atoms. The number of likely N-dealkylation sites (tertiary alicyclic amines) is 1. The van der Waals surface area contributed by atoms with E-state index < -0.39 is 0 Å². The third-order valence-corrected chi connectivity index (χ3v) is 4.37. The standard InChI is InChI=1S/C19H30N4O.HI/c1-4-12-24-18-9-7-6-8-17(18)14-22-19(20-3)21-13-16-10-11-23(5-2)15-16;/h4,6-9,16H,1,5,10-15H2,2-3H3,(H2,20,21,22);1H. The van der Waals surface area contributed by atoms with Gasteiger partial charge >= 0.3 is 0 Å². The van der Waals surface area contributed by atoms with E-state index in [0.717, 1.165) is 30.4 Å². The van der Waals surface area contributed by atoms with Crippen LogP contribution in [-0.4, -0.2) is 50.7 Å². The summed E-state index contributed by atoms with van der Waals surface area (Å²) in [6.07, 6.45) is 3.02. The van der Waals surface area contributed by atoms with Crippen LogP contribution >= 0.6 is 24.0 Å². The van der Waals surface area contributed by atoms with Gasteiger partial charge in [-0.1, -0.05) is 37.8 Å². The maximum atomic E-state index is 5.69. The average molecular weight is 458 g/mol. The quantitative estimate of drug-likeness (QED) is 0.272. The predicted octanol–water partition coefficient (Wildman–Crippen LogP) is 2.88. The van der Waals surface area contributed by atoms with Crippen LogP contribution in [0.1, 0.15) is 18.9 Å². The lowest BCUT2D eigenvalue weighted by molar-refractivity contribution is 0.341. The Hall–Kier alpha value is -1.28. The van der Waals surface area contributed by atoms with Crippen LogP contribution in [0.5, 0.6) is 5.75 Å². The molecule has 6 heteroatoms. The van der Waals surface area contributed by atoms with E-state index in [1.165, 1.54) is 19.5 Å². The minimum Gasteiger partial charge on any atom is -0.489 e. The fourth-order valence-electron chi connectivity index (χ4n) is 2.95. The molecule has 2 N–H and O–H groups in total. The van der Waals surface area contributed by atoms with E-state index >= 15 is 0 Å². The van der Waals surface area contributed by atoms with E-state index in [1.807, 2.05) is 25.2 Å². The fraction of sp³-hybridized carbons (Fsp3) is 0.526. The minimum atomic E-state index is 0. The molecular formula is C19H31IN4O. The summed E-state index contributed by atoms with van der Waals surface area (Å²) in [5.41, 5.74) is 1.11. The summed E-state index contributed by atoms with van der Waals surface area (Å²) >= 11 is 0. The van der Waals surface area contributed by atoms with Crippen molar-refractivity contribution in [1.29, 1.82) is 0 Å². The molecule has 0 bridgehead atoms. The number of nitrogens with zero attached hydrogens (tertiary/aromatic N) is 2. The number of rotatable bonds is 8. The number of guanidine groups is 1. The Balaban J connectivity index is 0.00000312. The lowest BCUT2D eigenvalue weighted by Gasteiger charge is -2.17. The molecule has 140 valence electrons. The zero-order valence-corrected chi connectivity index (χ0v) is 17.7. The molecular weight excluding hydrogens is 427 g/mol.